The van der Waals surface area contributed by atoms with Crippen LogP contribution in [0.15, 0.2) is 18.5 Å². The highest BCUT2D eigenvalue weighted by molar-refractivity contribution is 5.66. The van der Waals surface area contributed by atoms with E-state index in [0.717, 1.165) is 25.8 Å². The molecule has 0 saturated carbocycles. The SMILES string of the molecule is CCC(CCNc1ncccn1)CCC(=O)O. The highest BCUT2D eigenvalue weighted by atomic mass is 16.4. The lowest BCUT2D eigenvalue weighted by Gasteiger charge is -2.13. The van der Waals surface area contributed by atoms with Crippen LogP contribution in [0.2, 0.25) is 0 Å². The summed E-state index contributed by atoms with van der Waals surface area (Å²) in [5.41, 5.74) is 0. The Morgan fingerprint density at radius 2 is 2.12 bits per heavy atom. The minimum atomic E-state index is -0.720. The zero-order chi connectivity index (χ0) is 12.5. The van der Waals surface area contributed by atoms with E-state index in [1.165, 1.54) is 0 Å². The van der Waals surface area contributed by atoms with Gasteiger partial charge in [0.25, 0.3) is 0 Å². The average molecular weight is 237 g/mol. The molecular weight excluding hydrogens is 218 g/mol. The molecular formula is C12H19N3O2. The molecule has 2 N–H and O–H groups in total. The highest BCUT2D eigenvalue weighted by Crippen LogP contribution is 2.15. The fraction of sp³-hybridized carbons (Fsp3) is 0.583. The molecule has 0 radical (unpaired) electrons. The van der Waals surface area contributed by atoms with Gasteiger partial charge in [-0.3, -0.25) is 4.79 Å². The third-order valence-corrected chi connectivity index (χ3v) is 2.75. The van der Waals surface area contributed by atoms with Crippen LogP contribution in [0, 0.1) is 5.92 Å². The number of carboxylic acids is 1. The minimum Gasteiger partial charge on any atom is -0.481 e. The van der Waals surface area contributed by atoms with Crippen molar-refractivity contribution in [2.24, 2.45) is 5.92 Å². The third-order valence-electron chi connectivity index (χ3n) is 2.75. The number of anilines is 1. The first-order valence-corrected chi connectivity index (χ1v) is 5.95. The Hall–Kier alpha value is -1.65. The lowest BCUT2D eigenvalue weighted by Crippen LogP contribution is -2.11. The van der Waals surface area contributed by atoms with E-state index in [0.29, 0.717) is 11.9 Å². The molecule has 0 fully saturated rings. The molecule has 0 spiro atoms. The Bertz CT molecular complexity index is 330. The van der Waals surface area contributed by atoms with Crippen molar-refractivity contribution >= 4 is 11.9 Å². The molecule has 94 valence electrons. The van der Waals surface area contributed by atoms with Crippen molar-refractivity contribution in [3.05, 3.63) is 18.5 Å². The molecule has 0 amide bonds. The van der Waals surface area contributed by atoms with Crippen LogP contribution < -0.4 is 5.32 Å². The van der Waals surface area contributed by atoms with Gasteiger partial charge in [-0.1, -0.05) is 13.3 Å². The summed E-state index contributed by atoms with van der Waals surface area (Å²) in [4.78, 5) is 18.6. The second kappa shape index (κ2) is 7.60. The van der Waals surface area contributed by atoms with E-state index < -0.39 is 5.97 Å². The number of hydrogen-bond donors (Lipinski definition) is 2. The lowest BCUT2D eigenvalue weighted by atomic mass is 9.97. The maximum atomic E-state index is 10.5. The standard InChI is InChI=1S/C12H19N3O2/c1-2-10(4-5-11(16)17)6-9-15-12-13-7-3-8-14-12/h3,7-8,10H,2,4-6,9H2,1H3,(H,16,17)(H,13,14,15). The Morgan fingerprint density at radius 3 is 2.71 bits per heavy atom. The van der Waals surface area contributed by atoms with Gasteiger partial charge in [0.1, 0.15) is 0 Å². The molecule has 5 heteroatoms. The van der Waals surface area contributed by atoms with Crippen molar-refractivity contribution in [1.29, 1.82) is 0 Å². The molecule has 1 heterocycles. The first-order valence-electron chi connectivity index (χ1n) is 5.95. The summed E-state index contributed by atoms with van der Waals surface area (Å²) in [6.07, 6.45) is 6.32. The number of nitrogens with one attached hydrogen (secondary N) is 1. The van der Waals surface area contributed by atoms with E-state index in [2.05, 4.69) is 22.2 Å². The van der Waals surface area contributed by atoms with E-state index in [-0.39, 0.29) is 6.42 Å². The Balaban J connectivity index is 2.21. The molecule has 1 unspecified atom stereocenters. The molecule has 1 rings (SSSR count). The van der Waals surface area contributed by atoms with Gasteiger partial charge in [-0.05, 0) is 24.8 Å². The lowest BCUT2D eigenvalue weighted by molar-refractivity contribution is -0.137. The molecule has 0 saturated heterocycles. The number of aliphatic carboxylic acids is 1. The van der Waals surface area contributed by atoms with Crippen LogP contribution in [0.4, 0.5) is 5.95 Å². The Morgan fingerprint density at radius 1 is 1.41 bits per heavy atom. The Kier molecular flexibility index (Phi) is 5.99. The van der Waals surface area contributed by atoms with Crippen LogP contribution in [-0.2, 0) is 4.79 Å². The summed E-state index contributed by atoms with van der Waals surface area (Å²) in [5.74, 6) is 0.353. The van der Waals surface area contributed by atoms with Gasteiger partial charge in [0.05, 0.1) is 0 Å². The summed E-state index contributed by atoms with van der Waals surface area (Å²) in [6, 6.07) is 1.77. The molecule has 0 aliphatic carbocycles. The molecule has 0 aliphatic rings. The van der Waals surface area contributed by atoms with Crippen LogP contribution in [0.5, 0.6) is 0 Å². The van der Waals surface area contributed by atoms with Crippen molar-refractivity contribution in [2.45, 2.75) is 32.6 Å². The fourth-order valence-electron chi connectivity index (χ4n) is 1.66. The largest absolute Gasteiger partial charge is 0.481 e. The number of carboxylic acid groups (broad SMARTS) is 1. The average Bonchev–Trinajstić information content (AvgIpc) is 2.34. The molecule has 1 atom stereocenters. The maximum absolute atomic E-state index is 10.5. The molecule has 5 nitrogen and oxygen atoms in total. The van der Waals surface area contributed by atoms with Gasteiger partial charge in [-0.2, -0.15) is 0 Å². The second-order valence-corrected chi connectivity index (χ2v) is 3.99. The number of nitrogens with zero attached hydrogens (tertiary/aromatic N) is 2. The van der Waals surface area contributed by atoms with Gasteiger partial charge < -0.3 is 10.4 Å². The smallest absolute Gasteiger partial charge is 0.303 e. The van der Waals surface area contributed by atoms with E-state index in [4.69, 9.17) is 5.11 Å². The molecule has 17 heavy (non-hydrogen) atoms. The number of rotatable bonds is 8. The highest BCUT2D eigenvalue weighted by Gasteiger charge is 2.08. The number of aromatic nitrogens is 2. The Labute approximate surface area is 101 Å². The first kappa shape index (κ1) is 13.4. The quantitative estimate of drug-likeness (QED) is 0.724. The summed E-state index contributed by atoms with van der Waals surface area (Å²) < 4.78 is 0. The van der Waals surface area contributed by atoms with E-state index in [1.807, 2.05) is 0 Å². The van der Waals surface area contributed by atoms with Crippen molar-refractivity contribution in [3.63, 3.8) is 0 Å². The van der Waals surface area contributed by atoms with Crippen LogP contribution in [0.25, 0.3) is 0 Å². The van der Waals surface area contributed by atoms with E-state index >= 15 is 0 Å². The summed E-state index contributed by atoms with van der Waals surface area (Å²) in [5, 5.41) is 11.8. The summed E-state index contributed by atoms with van der Waals surface area (Å²) in [6.45, 7) is 2.87. The molecule has 0 aliphatic heterocycles. The van der Waals surface area contributed by atoms with Gasteiger partial charge in [-0.25, -0.2) is 9.97 Å². The van der Waals surface area contributed by atoms with Crippen LogP contribution in [-0.4, -0.2) is 27.6 Å². The first-order chi connectivity index (χ1) is 8.22. The zero-order valence-electron chi connectivity index (χ0n) is 10.1. The fourth-order valence-corrected chi connectivity index (χ4v) is 1.66. The second-order valence-electron chi connectivity index (χ2n) is 3.99. The van der Waals surface area contributed by atoms with Crippen LogP contribution in [0.1, 0.15) is 32.6 Å². The predicted octanol–water partition coefficient (Wildman–Crippen LogP) is 2.17. The van der Waals surface area contributed by atoms with Gasteiger partial charge in [-0.15, -0.1) is 0 Å². The van der Waals surface area contributed by atoms with Crippen molar-refractivity contribution < 1.29 is 9.90 Å². The van der Waals surface area contributed by atoms with Crippen LogP contribution >= 0.6 is 0 Å². The molecule has 1 aromatic rings. The normalized spacial score (nSPS) is 12.1. The van der Waals surface area contributed by atoms with Crippen molar-refractivity contribution in [1.82, 2.24) is 9.97 Å². The van der Waals surface area contributed by atoms with Crippen molar-refractivity contribution in [3.8, 4) is 0 Å². The summed E-state index contributed by atoms with van der Waals surface area (Å²) in [7, 11) is 0. The number of hydrogen-bond acceptors (Lipinski definition) is 4. The summed E-state index contributed by atoms with van der Waals surface area (Å²) >= 11 is 0. The minimum absolute atomic E-state index is 0.250. The van der Waals surface area contributed by atoms with E-state index in [1.54, 1.807) is 18.5 Å². The monoisotopic (exact) mass is 237 g/mol. The van der Waals surface area contributed by atoms with Crippen LogP contribution in [0.3, 0.4) is 0 Å². The van der Waals surface area contributed by atoms with Gasteiger partial charge in [0.2, 0.25) is 5.95 Å². The maximum Gasteiger partial charge on any atom is 0.303 e. The molecule has 0 bridgehead atoms. The topological polar surface area (TPSA) is 75.1 Å². The van der Waals surface area contributed by atoms with Gasteiger partial charge >= 0.3 is 5.97 Å². The van der Waals surface area contributed by atoms with Gasteiger partial charge in [0, 0.05) is 25.4 Å². The van der Waals surface area contributed by atoms with E-state index in [9.17, 15) is 4.79 Å². The van der Waals surface area contributed by atoms with Crippen molar-refractivity contribution in [2.75, 3.05) is 11.9 Å². The number of carbonyl (C=O) groups is 1. The molecule has 0 aromatic carbocycles. The molecule has 1 aromatic heterocycles. The zero-order valence-corrected chi connectivity index (χ0v) is 10.1. The van der Waals surface area contributed by atoms with Gasteiger partial charge in [0.15, 0.2) is 0 Å². The predicted molar refractivity (Wildman–Crippen MR) is 65.8 cm³/mol. The third kappa shape index (κ3) is 5.85.